The minimum absolute atomic E-state index is 0.849. The highest BCUT2D eigenvalue weighted by molar-refractivity contribution is 5.92. The van der Waals surface area contributed by atoms with Gasteiger partial charge in [-0.05, 0) is 101 Å². The Hall–Kier alpha value is -7.11. The Kier molecular flexibility index (Phi) is 7.07. The molecule has 10 rings (SSSR count). The highest BCUT2D eigenvalue weighted by Crippen LogP contribution is 2.36. The molecule has 0 spiro atoms. The topological polar surface area (TPSA) is 64.5 Å². The first-order valence-corrected chi connectivity index (χ1v) is 17.3. The second kappa shape index (κ2) is 12.3. The van der Waals surface area contributed by atoms with Gasteiger partial charge in [0, 0.05) is 56.8 Å². The third kappa shape index (κ3) is 5.51. The lowest BCUT2D eigenvalue weighted by Crippen LogP contribution is -1.91. The summed E-state index contributed by atoms with van der Waals surface area (Å²) in [6.45, 7) is 0. The zero-order valence-corrected chi connectivity index (χ0v) is 28.0. The first kappa shape index (κ1) is 29.8. The van der Waals surface area contributed by atoms with Crippen molar-refractivity contribution in [1.29, 1.82) is 0 Å². The first-order chi connectivity index (χ1) is 25.7. The zero-order valence-electron chi connectivity index (χ0n) is 28.0. The number of hydrogen-bond acceptors (Lipinski definition) is 5. The van der Waals surface area contributed by atoms with Gasteiger partial charge in [0.05, 0.1) is 39.1 Å². The van der Waals surface area contributed by atoms with Crippen molar-refractivity contribution in [2.24, 2.45) is 0 Å². The van der Waals surface area contributed by atoms with Gasteiger partial charge in [0.2, 0.25) is 0 Å². The number of para-hydroxylation sites is 2. The number of pyridine rings is 5. The second-order valence-corrected chi connectivity index (χ2v) is 13.1. The van der Waals surface area contributed by atoms with Crippen molar-refractivity contribution >= 4 is 43.6 Å². The van der Waals surface area contributed by atoms with Gasteiger partial charge in [-0.1, -0.05) is 78.9 Å². The molecule has 5 heterocycles. The quantitative estimate of drug-likeness (QED) is 0.183. The molecule has 0 amide bonds. The number of benzene rings is 5. The van der Waals surface area contributed by atoms with Crippen LogP contribution in [0.4, 0.5) is 0 Å². The highest BCUT2D eigenvalue weighted by atomic mass is 14.8. The summed E-state index contributed by atoms with van der Waals surface area (Å²) in [4.78, 5) is 24.2. The van der Waals surface area contributed by atoms with Crippen molar-refractivity contribution in [1.82, 2.24) is 24.9 Å². The van der Waals surface area contributed by atoms with Crippen LogP contribution in [0.15, 0.2) is 176 Å². The molecule has 242 valence electrons. The molecule has 52 heavy (non-hydrogen) atoms. The lowest BCUT2D eigenvalue weighted by atomic mass is 9.93. The number of hydrogen-bond donors (Lipinski definition) is 0. The summed E-state index contributed by atoms with van der Waals surface area (Å²) < 4.78 is 0. The van der Waals surface area contributed by atoms with Crippen LogP contribution in [-0.4, -0.2) is 24.9 Å². The van der Waals surface area contributed by atoms with Crippen LogP contribution in [0.2, 0.25) is 0 Å². The van der Waals surface area contributed by atoms with Gasteiger partial charge in [-0.3, -0.25) is 15.0 Å². The van der Waals surface area contributed by atoms with E-state index in [0.29, 0.717) is 0 Å². The fourth-order valence-electron chi connectivity index (χ4n) is 6.98. The molecule has 0 aliphatic rings. The monoisotopic (exact) mass is 663 g/mol. The highest BCUT2D eigenvalue weighted by Gasteiger charge is 2.12. The van der Waals surface area contributed by atoms with E-state index >= 15 is 0 Å². The molecule has 0 radical (unpaired) electrons. The Balaban J connectivity index is 1.08. The van der Waals surface area contributed by atoms with E-state index < -0.39 is 0 Å². The smallest absolute Gasteiger partial charge is 0.0893 e. The maximum absolute atomic E-state index is 5.19. The molecule has 5 aromatic heterocycles. The van der Waals surface area contributed by atoms with E-state index in [-0.39, 0.29) is 0 Å². The fourth-order valence-corrected chi connectivity index (χ4v) is 6.98. The van der Waals surface area contributed by atoms with Crippen LogP contribution in [0, 0.1) is 0 Å². The number of nitrogens with zero attached hydrogens (tertiary/aromatic N) is 5. The van der Waals surface area contributed by atoms with Gasteiger partial charge in [0.15, 0.2) is 0 Å². The van der Waals surface area contributed by atoms with Crippen molar-refractivity contribution < 1.29 is 0 Å². The van der Waals surface area contributed by atoms with Crippen LogP contribution in [-0.2, 0) is 0 Å². The predicted molar refractivity (Wildman–Crippen MR) is 213 cm³/mol. The first-order valence-electron chi connectivity index (χ1n) is 17.3. The van der Waals surface area contributed by atoms with Crippen molar-refractivity contribution in [3.8, 4) is 56.0 Å². The molecular weight excluding hydrogens is 635 g/mol. The third-order valence-electron chi connectivity index (χ3n) is 9.72. The Bertz CT molecular complexity index is 2880. The normalized spacial score (nSPS) is 11.5. The lowest BCUT2D eigenvalue weighted by Gasteiger charge is -2.13. The molecule has 0 saturated heterocycles. The Morgan fingerprint density at radius 2 is 0.788 bits per heavy atom. The molecule has 0 saturated carbocycles. The SMILES string of the molecule is c1ccc(-c2ccc3ccc(-c4ccc5ccc(-c6cc(-c7cnc8ccccc8c7)cc(-c7cnc8ccccc8c7)c6)cc5n4)cc3n2)nc1. The standard InChI is InChI=1S/C47H29N5/c1-3-9-41-33(7-1)21-39(28-49-41)37-23-36(24-38(25-37)40-22-34-8-2-4-10-42(34)50-29-40)32-14-12-30-16-18-43(51-46(30)26-32)35-15-13-31-17-19-45(52-47(31)27-35)44-11-5-6-20-48-44/h1-29H. The molecule has 0 unspecified atom stereocenters. The largest absolute Gasteiger partial charge is 0.256 e. The molecule has 0 bridgehead atoms. The van der Waals surface area contributed by atoms with Gasteiger partial charge in [-0.25, -0.2) is 9.97 Å². The zero-order chi connectivity index (χ0) is 34.4. The second-order valence-electron chi connectivity index (χ2n) is 13.1. The third-order valence-corrected chi connectivity index (χ3v) is 9.72. The van der Waals surface area contributed by atoms with E-state index in [9.17, 15) is 0 Å². The van der Waals surface area contributed by atoms with Gasteiger partial charge in [-0.2, -0.15) is 0 Å². The van der Waals surface area contributed by atoms with Crippen LogP contribution < -0.4 is 0 Å². The maximum Gasteiger partial charge on any atom is 0.0893 e. The van der Waals surface area contributed by atoms with E-state index in [1.807, 2.05) is 60.9 Å². The lowest BCUT2D eigenvalue weighted by molar-refractivity contribution is 1.28. The van der Waals surface area contributed by atoms with E-state index in [1.165, 1.54) is 0 Å². The van der Waals surface area contributed by atoms with Crippen LogP contribution in [0.1, 0.15) is 0 Å². The molecule has 5 nitrogen and oxygen atoms in total. The van der Waals surface area contributed by atoms with Crippen LogP contribution in [0.25, 0.3) is 99.6 Å². The molecule has 0 N–H and O–H groups in total. The number of fused-ring (bicyclic) bond motifs is 4. The Morgan fingerprint density at radius 3 is 1.42 bits per heavy atom. The molecular formula is C47H29N5. The molecule has 0 aliphatic carbocycles. The van der Waals surface area contributed by atoms with Gasteiger partial charge in [0.1, 0.15) is 0 Å². The van der Waals surface area contributed by atoms with Crippen molar-refractivity contribution in [3.05, 3.63) is 176 Å². The molecule has 0 aliphatic heterocycles. The predicted octanol–water partition coefficient (Wildman–Crippen LogP) is 11.6. The average molecular weight is 664 g/mol. The fraction of sp³-hybridized carbons (Fsp3) is 0. The Morgan fingerprint density at radius 1 is 0.269 bits per heavy atom. The van der Waals surface area contributed by atoms with Crippen LogP contribution in [0.3, 0.4) is 0 Å². The van der Waals surface area contributed by atoms with E-state index in [2.05, 4.69) is 114 Å². The molecule has 0 fully saturated rings. The average Bonchev–Trinajstić information content (AvgIpc) is 3.22. The van der Waals surface area contributed by atoms with Gasteiger partial charge in [-0.15, -0.1) is 0 Å². The Labute approximate surface area is 300 Å². The summed E-state index contributed by atoms with van der Waals surface area (Å²) in [6.07, 6.45) is 5.73. The van der Waals surface area contributed by atoms with Gasteiger partial charge >= 0.3 is 0 Å². The molecule has 0 atom stereocenters. The molecule has 5 aromatic carbocycles. The maximum atomic E-state index is 5.19. The summed E-state index contributed by atoms with van der Waals surface area (Å²) in [5.41, 5.74) is 13.9. The summed E-state index contributed by atoms with van der Waals surface area (Å²) in [6, 6.07) is 54.8. The number of aromatic nitrogens is 5. The van der Waals surface area contributed by atoms with Gasteiger partial charge < -0.3 is 0 Å². The van der Waals surface area contributed by atoms with Gasteiger partial charge in [0.25, 0.3) is 0 Å². The molecule has 10 aromatic rings. The number of rotatable bonds is 5. The minimum Gasteiger partial charge on any atom is -0.256 e. The van der Waals surface area contributed by atoms with E-state index in [0.717, 1.165) is 99.6 Å². The van der Waals surface area contributed by atoms with Crippen molar-refractivity contribution in [2.75, 3.05) is 0 Å². The van der Waals surface area contributed by atoms with E-state index in [1.54, 1.807) is 6.20 Å². The van der Waals surface area contributed by atoms with Crippen molar-refractivity contribution in [3.63, 3.8) is 0 Å². The van der Waals surface area contributed by atoms with Crippen molar-refractivity contribution in [2.45, 2.75) is 0 Å². The van der Waals surface area contributed by atoms with Crippen LogP contribution in [0.5, 0.6) is 0 Å². The summed E-state index contributed by atoms with van der Waals surface area (Å²) >= 11 is 0. The summed E-state index contributed by atoms with van der Waals surface area (Å²) in [5.74, 6) is 0. The van der Waals surface area contributed by atoms with E-state index in [4.69, 9.17) is 19.9 Å². The molecule has 5 heteroatoms. The summed E-state index contributed by atoms with van der Waals surface area (Å²) in [7, 11) is 0. The van der Waals surface area contributed by atoms with Crippen LogP contribution >= 0.6 is 0 Å². The summed E-state index contributed by atoms with van der Waals surface area (Å²) in [5, 5.41) is 4.38. The minimum atomic E-state index is 0.849.